The van der Waals surface area contributed by atoms with Gasteiger partial charge in [-0.1, -0.05) is 152 Å². The highest BCUT2D eigenvalue weighted by atomic mass is 31.2. The van der Waals surface area contributed by atoms with Crippen molar-refractivity contribution < 1.29 is 51.6 Å². The average molecular weight is 1070 g/mol. The third-order valence-electron chi connectivity index (χ3n) is 15.5. The van der Waals surface area contributed by atoms with E-state index in [2.05, 4.69) is 67.4 Å². The molecule has 3 rings (SSSR count). The van der Waals surface area contributed by atoms with E-state index in [1.807, 2.05) is 7.05 Å². The molecule has 426 valence electrons. The van der Waals surface area contributed by atoms with E-state index in [9.17, 15) is 18.9 Å². The van der Waals surface area contributed by atoms with Crippen LogP contribution in [0.15, 0.2) is 48.6 Å². The maximum absolute atomic E-state index is 12.3. The molecule has 1 saturated heterocycles. The maximum atomic E-state index is 12.3. The molecule has 13 nitrogen and oxygen atoms in total. The van der Waals surface area contributed by atoms with E-state index in [1.165, 1.54) is 154 Å². The van der Waals surface area contributed by atoms with Crippen LogP contribution in [0.3, 0.4) is 0 Å². The standard InChI is InChI=1S/C58H108N2O11P2/c1-4-6-8-10-12-14-16-18-20-22-24-26-28-30-32-34-38-57(39-35-33-31-29-27-25-23-21-19-17-15-13-11-9-7-5-2)40-42-58(43-41-57)70-55-51-53(37-36-47-66-72(62,63)67-48-44-59)54(52-56(55)71-58)60(3)45-49-68-73(64,65)69-50-46-61/h12-15,18-21,53-56,61H,4-11,16-17,22-52,59H2,1-3H3,(H,62,63)(H,64,65)/b14-12-,15-13-,20-18-,21-19-/t53-,54+,55+,56-/m0/s1. The lowest BCUT2D eigenvalue weighted by atomic mass is 9.66. The summed E-state index contributed by atoms with van der Waals surface area (Å²) < 4.78 is 59.0. The Hall–Kier alpha value is -1.02. The van der Waals surface area contributed by atoms with Crippen LogP contribution in [0.4, 0.5) is 0 Å². The molecule has 2 saturated carbocycles. The summed E-state index contributed by atoms with van der Waals surface area (Å²) in [6.07, 6.45) is 58.4. The van der Waals surface area contributed by atoms with E-state index in [1.54, 1.807) is 0 Å². The van der Waals surface area contributed by atoms with Gasteiger partial charge >= 0.3 is 15.6 Å². The van der Waals surface area contributed by atoms with Crippen molar-refractivity contribution in [3.05, 3.63) is 48.6 Å². The molecule has 0 aromatic rings. The third kappa shape index (κ3) is 30.1. The second kappa shape index (κ2) is 40.2. The second-order valence-electron chi connectivity index (χ2n) is 21.6. The zero-order valence-electron chi connectivity index (χ0n) is 46.4. The Morgan fingerprint density at radius 2 is 1.00 bits per heavy atom. The summed E-state index contributed by atoms with van der Waals surface area (Å²) in [6.45, 7) is 4.31. The molecule has 1 aliphatic heterocycles. The first kappa shape index (κ1) is 66.3. The first-order chi connectivity index (χ1) is 35.4. The molecular formula is C58H108N2O11P2. The Morgan fingerprint density at radius 1 is 0.562 bits per heavy atom. The minimum Gasteiger partial charge on any atom is -0.394 e. The Bertz CT molecular complexity index is 1540. The molecular weight excluding hydrogens is 963 g/mol. The number of aliphatic hydroxyl groups is 1. The summed E-state index contributed by atoms with van der Waals surface area (Å²) >= 11 is 0. The summed E-state index contributed by atoms with van der Waals surface area (Å²) in [5, 5.41) is 9.04. The van der Waals surface area contributed by atoms with Gasteiger partial charge in [-0.3, -0.25) is 18.1 Å². The van der Waals surface area contributed by atoms with Gasteiger partial charge in [-0.15, -0.1) is 0 Å². The normalized spacial score (nSPS) is 22.7. The molecule has 5 N–H and O–H groups in total. The molecule has 15 heteroatoms. The highest BCUT2D eigenvalue weighted by Crippen LogP contribution is 2.54. The van der Waals surface area contributed by atoms with Crippen molar-refractivity contribution in [2.45, 2.75) is 256 Å². The summed E-state index contributed by atoms with van der Waals surface area (Å²) in [5.41, 5.74) is 5.78. The Morgan fingerprint density at radius 3 is 1.49 bits per heavy atom. The van der Waals surface area contributed by atoms with Crippen LogP contribution in [-0.2, 0) is 36.7 Å². The van der Waals surface area contributed by atoms with Crippen molar-refractivity contribution in [2.24, 2.45) is 17.1 Å². The number of allylic oxidation sites excluding steroid dienone is 8. The van der Waals surface area contributed by atoms with Gasteiger partial charge in [0.1, 0.15) is 0 Å². The molecule has 3 fully saturated rings. The van der Waals surface area contributed by atoms with E-state index in [0.717, 1.165) is 57.8 Å². The Labute approximate surface area is 445 Å². The zero-order valence-corrected chi connectivity index (χ0v) is 48.2. The number of ether oxygens (including phenoxy) is 2. The summed E-state index contributed by atoms with van der Waals surface area (Å²) in [5.74, 6) is -0.433. The highest BCUT2D eigenvalue weighted by Gasteiger charge is 2.55. The van der Waals surface area contributed by atoms with Gasteiger partial charge in [0, 0.05) is 32.0 Å². The number of aliphatic hydroxyl groups excluding tert-OH is 1. The molecule has 0 aromatic heterocycles. The Balaban J connectivity index is 1.54. The van der Waals surface area contributed by atoms with Gasteiger partial charge < -0.3 is 35.0 Å². The van der Waals surface area contributed by atoms with Gasteiger partial charge in [-0.05, 0) is 134 Å². The van der Waals surface area contributed by atoms with Crippen LogP contribution >= 0.6 is 15.6 Å². The summed E-state index contributed by atoms with van der Waals surface area (Å²) in [7, 11) is -6.49. The molecule has 1 spiro atoms. The molecule has 73 heavy (non-hydrogen) atoms. The van der Waals surface area contributed by atoms with Crippen molar-refractivity contribution >= 4 is 15.6 Å². The highest BCUT2D eigenvalue weighted by molar-refractivity contribution is 7.47. The molecule has 3 aliphatic rings. The maximum Gasteiger partial charge on any atom is 0.472 e. The van der Waals surface area contributed by atoms with Crippen molar-refractivity contribution in [3.8, 4) is 0 Å². The average Bonchev–Trinajstić information content (AvgIpc) is 3.73. The number of fused-ring (bicyclic) bond motifs is 1. The fraction of sp³-hybridized carbons (Fsp3) is 0.862. The van der Waals surface area contributed by atoms with Gasteiger partial charge in [0.05, 0.1) is 45.2 Å². The first-order valence-corrected chi connectivity index (χ1v) is 32.6. The minimum atomic E-state index is -4.29. The minimum absolute atomic E-state index is 0.0317. The third-order valence-corrected chi connectivity index (χ3v) is 17.6. The topological polar surface area (TPSA) is 179 Å². The smallest absolute Gasteiger partial charge is 0.394 e. The lowest BCUT2D eigenvalue weighted by molar-refractivity contribution is -0.208. The van der Waals surface area contributed by atoms with Crippen molar-refractivity contribution in [1.29, 1.82) is 0 Å². The molecule has 2 aliphatic carbocycles. The van der Waals surface area contributed by atoms with Crippen LogP contribution in [-0.4, -0.2) is 97.0 Å². The first-order valence-electron chi connectivity index (χ1n) is 29.6. The molecule has 0 radical (unpaired) electrons. The quantitative estimate of drug-likeness (QED) is 0.0257. The van der Waals surface area contributed by atoms with Crippen LogP contribution in [0.1, 0.15) is 232 Å². The number of nitrogens with zero attached hydrogens (tertiary/aromatic N) is 1. The summed E-state index contributed by atoms with van der Waals surface area (Å²) in [4.78, 5) is 22.3. The number of phosphoric acid groups is 2. The predicted octanol–water partition coefficient (Wildman–Crippen LogP) is 15.1. The van der Waals surface area contributed by atoms with Crippen LogP contribution in [0, 0.1) is 11.3 Å². The fourth-order valence-electron chi connectivity index (χ4n) is 11.3. The number of hydrogen-bond acceptors (Lipinski definition) is 11. The van der Waals surface area contributed by atoms with Gasteiger partial charge in [0.25, 0.3) is 0 Å². The van der Waals surface area contributed by atoms with Crippen LogP contribution < -0.4 is 5.73 Å². The number of likely N-dealkylation sites (N-methyl/N-ethyl adjacent to an activating group) is 1. The lowest BCUT2D eigenvalue weighted by Crippen LogP contribution is -2.49. The molecule has 0 bridgehead atoms. The van der Waals surface area contributed by atoms with Gasteiger partial charge in [0.15, 0.2) is 5.79 Å². The van der Waals surface area contributed by atoms with Crippen LogP contribution in [0.25, 0.3) is 0 Å². The molecule has 0 aromatic carbocycles. The molecule has 2 unspecified atom stereocenters. The molecule has 6 atom stereocenters. The van der Waals surface area contributed by atoms with E-state index in [-0.39, 0.29) is 63.7 Å². The number of hydrogen-bond donors (Lipinski definition) is 4. The van der Waals surface area contributed by atoms with Gasteiger partial charge in [0.2, 0.25) is 0 Å². The van der Waals surface area contributed by atoms with Crippen molar-refractivity contribution in [3.63, 3.8) is 0 Å². The molecule has 1 heterocycles. The molecule has 0 amide bonds. The number of phosphoric ester groups is 2. The van der Waals surface area contributed by atoms with Gasteiger partial charge in [-0.25, -0.2) is 9.13 Å². The SMILES string of the molecule is CCCCC/C=C\C/C=C\CCCCCCCCC1(CCCCCCCC/C=C\C/C=C\CCCCC)CCC2(CC1)O[C@H]1C[C@@H](N(C)CCOP(=O)(O)OCCO)[C@@H](CCCOP(=O)(O)OCCN)C[C@H]1O2. The van der Waals surface area contributed by atoms with Gasteiger partial charge in [-0.2, -0.15) is 0 Å². The van der Waals surface area contributed by atoms with Crippen molar-refractivity contribution in [2.75, 3.05) is 53.2 Å². The lowest BCUT2D eigenvalue weighted by Gasteiger charge is -2.44. The van der Waals surface area contributed by atoms with E-state index < -0.39 is 21.4 Å². The predicted molar refractivity (Wildman–Crippen MR) is 299 cm³/mol. The Kier molecular flexibility index (Phi) is 36.5. The van der Waals surface area contributed by atoms with Crippen molar-refractivity contribution in [1.82, 2.24) is 4.90 Å². The van der Waals surface area contributed by atoms with Crippen LogP contribution in [0.2, 0.25) is 0 Å². The number of unbranched alkanes of at least 4 members (excludes halogenated alkanes) is 18. The summed E-state index contributed by atoms with van der Waals surface area (Å²) in [6, 6.07) is 0.0460. The monoisotopic (exact) mass is 1070 g/mol. The van der Waals surface area contributed by atoms with Crippen LogP contribution in [0.5, 0.6) is 0 Å². The van der Waals surface area contributed by atoms with E-state index >= 15 is 0 Å². The zero-order chi connectivity index (χ0) is 52.8. The van der Waals surface area contributed by atoms with E-state index in [0.29, 0.717) is 18.4 Å². The number of rotatable bonds is 46. The largest absolute Gasteiger partial charge is 0.472 e. The van der Waals surface area contributed by atoms with E-state index in [4.69, 9.17) is 38.4 Å². The second-order valence-corrected chi connectivity index (χ2v) is 24.5. The number of nitrogens with two attached hydrogens (primary N) is 1. The fourth-order valence-corrected chi connectivity index (χ4v) is 12.7.